The van der Waals surface area contributed by atoms with Gasteiger partial charge in [0.05, 0.1) is 5.56 Å². The molecule has 2 rings (SSSR count). The van der Waals surface area contributed by atoms with Crippen LogP contribution in [0.15, 0.2) is 48.5 Å². The molecule has 80 valence electrons. The first-order chi connectivity index (χ1) is 7.70. The van der Waals surface area contributed by atoms with Gasteiger partial charge in [0.2, 0.25) is 0 Å². The van der Waals surface area contributed by atoms with E-state index in [2.05, 4.69) is 0 Å². The first-order valence-electron chi connectivity index (χ1n) is 4.79. The minimum absolute atomic E-state index is 0. The fourth-order valence-corrected chi connectivity index (χ4v) is 1.46. The topological polar surface area (TPSA) is 60.4 Å². The van der Waals surface area contributed by atoms with Crippen molar-refractivity contribution in [2.75, 3.05) is 0 Å². The minimum Gasteiger partial charge on any atom is -0.872 e. The predicted octanol–water partition coefficient (Wildman–Crippen LogP) is -1.30. The molecule has 2 aromatic rings. The van der Waals surface area contributed by atoms with Crippen LogP contribution in [-0.2, 0) is 0 Å². The Morgan fingerprint density at radius 2 is 1.47 bits per heavy atom. The van der Waals surface area contributed by atoms with Gasteiger partial charge in [-0.15, -0.1) is 0 Å². The largest absolute Gasteiger partial charge is 1.00 e. The van der Waals surface area contributed by atoms with Crippen LogP contribution in [0.3, 0.4) is 0 Å². The molecule has 0 amide bonds. The van der Waals surface area contributed by atoms with Crippen molar-refractivity contribution in [3.63, 3.8) is 0 Å². The monoisotopic (exact) mass is 236 g/mol. The van der Waals surface area contributed by atoms with Gasteiger partial charge >= 0.3 is 29.6 Å². The number of para-hydroxylation sites is 2. The van der Waals surface area contributed by atoms with Crippen molar-refractivity contribution in [1.82, 2.24) is 0 Å². The number of carbonyl (C=O) groups is 1. The molecule has 0 unspecified atom stereocenters. The molecular formula is C13H9NaO3. The second kappa shape index (κ2) is 5.87. The predicted molar refractivity (Wildman–Crippen MR) is 57.4 cm³/mol. The van der Waals surface area contributed by atoms with Crippen LogP contribution in [0.1, 0.15) is 15.9 Å². The molecule has 0 saturated carbocycles. The summed E-state index contributed by atoms with van der Waals surface area (Å²) < 4.78 is 0. The van der Waals surface area contributed by atoms with Crippen LogP contribution < -0.4 is 34.7 Å². The van der Waals surface area contributed by atoms with Gasteiger partial charge in [-0.25, -0.2) is 0 Å². The number of hydrogen-bond acceptors (Lipinski definition) is 3. The quantitative estimate of drug-likeness (QED) is 0.521. The Bertz CT molecular complexity index is 490. The van der Waals surface area contributed by atoms with E-state index in [1.165, 1.54) is 24.3 Å². The Morgan fingerprint density at radius 1 is 0.941 bits per heavy atom. The van der Waals surface area contributed by atoms with Crippen LogP contribution in [0.4, 0.5) is 0 Å². The number of hydrogen-bond donors (Lipinski definition) is 1. The van der Waals surface area contributed by atoms with Crippen molar-refractivity contribution in [2.45, 2.75) is 0 Å². The summed E-state index contributed by atoms with van der Waals surface area (Å²) in [6.07, 6.45) is 0. The fraction of sp³-hybridized carbons (Fsp3) is 0. The van der Waals surface area contributed by atoms with Crippen LogP contribution in [0.2, 0.25) is 0 Å². The van der Waals surface area contributed by atoms with E-state index < -0.39 is 5.78 Å². The molecule has 0 radical (unpaired) electrons. The standard InChI is InChI=1S/C13H10O3.Na/c14-11-7-3-1-5-9(11)13(16)10-6-2-4-8-12(10)15;/h1-8,14-15H;/q;+1/p-1. The van der Waals surface area contributed by atoms with Crippen molar-refractivity contribution in [3.8, 4) is 11.5 Å². The Hall–Kier alpha value is -1.29. The second-order valence-electron chi connectivity index (χ2n) is 3.34. The van der Waals surface area contributed by atoms with Gasteiger partial charge in [0.1, 0.15) is 5.75 Å². The molecule has 0 aliphatic rings. The maximum atomic E-state index is 11.9. The Kier molecular flexibility index (Phi) is 4.75. The summed E-state index contributed by atoms with van der Waals surface area (Å²) in [5.41, 5.74) is 0.217. The zero-order valence-electron chi connectivity index (χ0n) is 9.38. The van der Waals surface area contributed by atoms with E-state index in [1.807, 2.05) is 0 Å². The molecule has 4 heteroatoms. The molecule has 0 atom stereocenters. The molecule has 0 heterocycles. The number of aromatic hydroxyl groups is 1. The molecule has 0 saturated heterocycles. The summed E-state index contributed by atoms with van der Waals surface area (Å²) in [7, 11) is 0. The van der Waals surface area contributed by atoms with Crippen molar-refractivity contribution in [1.29, 1.82) is 0 Å². The Morgan fingerprint density at radius 3 is 2.06 bits per heavy atom. The zero-order valence-corrected chi connectivity index (χ0v) is 11.4. The van der Waals surface area contributed by atoms with Crippen molar-refractivity contribution >= 4 is 5.78 Å². The van der Waals surface area contributed by atoms with E-state index in [9.17, 15) is 15.0 Å². The van der Waals surface area contributed by atoms with Gasteiger partial charge in [-0.05, 0) is 12.1 Å². The minimum atomic E-state index is -0.455. The van der Waals surface area contributed by atoms with Crippen molar-refractivity contribution < 1.29 is 44.6 Å². The molecule has 0 aliphatic carbocycles. The van der Waals surface area contributed by atoms with Crippen molar-refractivity contribution in [2.24, 2.45) is 0 Å². The third-order valence-corrected chi connectivity index (χ3v) is 2.28. The maximum Gasteiger partial charge on any atom is 1.00 e. The summed E-state index contributed by atoms with van der Waals surface area (Å²) in [5.74, 6) is -0.907. The molecule has 3 nitrogen and oxygen atoms in total. The molecular weight excluding hydrogens is 227 g/mol. The van der Waals surface area contributed by atoms with Crippen LogP contribution in [-0.4, -0.2) is 10.9 Å². The van der Waals surface area contributed by atoms with E-state index in [0.29, 0.717) is 0 Å². The number of benzene rings is 2. The van der Waals surface area contributed by atoms with Crippen LogP contribution in [0.25, 0.3) is 0 Å². The molecule has 2 aromatic carbocycles. The second-order valence-corrected chi connectivity index (χ2v) is 3.34. The third kappa shape index (κ3) is 2.88. The van der Waals surface area contributed by atoms with Gasteiger partial charge in [0, 0.05) is 5.56 Å². The SMILES string of the molecule is O=C(c1ccccc1[O-])c1ccccc1O.[Na+]. The summed E-state index contributed by atoms with van der Waals surface area (Å²) in [4.78, 5) is 11.9. The Balaban J connectivity index is 0.00000144. The van der Waals surface area contributed by atoms with E-state index in [4.69, 9.17) is 0 Å². The molecule has 0 bridgehead atoms. The van der Waals surface area contributed by atoms with Gasteiger partial charge < -0.3 is 10.2 Å². The number of carbonyl (C=O) groups excluding carboxylic acids is 1. The molecule has 0 aliphatic heterocycles. The zero-order chi connectivity index (χ0) is 11.5. The maximum absolute atomic E-state index is 11.9. The smallest absolute Gasteiger partial charge is 0.872 e. The van der Waals surface area contributed by atoms with Gasteiger partial charge in [-0.1, -0.05) is 42.1 Å². The average Bonchev–Trinajstić information content (AvgIpc) is 2.29. The van der Waals surface area contributed by atoms with Gasteiger partial charge in [0.15, 0.2) is 5.78 Å². The summed E-state index contributed by atoms with van der Waals surface area (Å²) in [6, 6.07) is 12.1. The first kappa shape index (κ1) is 13.8. The molecule has 0 aromatic heterocycles. The average molecular weight is 236 g/mol. The Labute approximate surface area is 121 Å². The molecule has 17 heavy (non-hydrogen) atoms. The molecule has 1 N–H and O–H groups in total. The van der Waals surface area contributed by atoms with E-state index >= 15 is 0 Å². The van der Waals surface area contributed by atoms with Crippen LogP contribution in [0.5, 0.6) is 11.5 Å². The number of phenolic OH excluding ortho intramolecular Hbond substituents is 1. The fourth-order valence-electron chi connectivity index (χ4n) is 1.46. The van der Waals surface area contributed by atoms with E-state index in [0.717, 1.165) is 0 Å². The summed E-state index contributed by atoms with van der Waals surface area (Å²) >= 11 is 0. The normalized spacial score (nSPS) is 9.41. The van der Waals surface area contributed by atoms with Crippen LogP contribution in [0, 0.1) is 0 Å². The molecule has 0 spiro atoms. The van der Waals surface area contributed by atoms with E-state index in [-0.39, 0.29) is 52.2 Å². The van der Waals surface area contributed by atoms with Crippen LogP contribution >= 0.6 is 0 Å². The van der Waals surface area contributed by atoms with Gasteiger partial charge in [-0.3, -0.25) is 4.79 Å². The van der Waals surface area contributed by atoms with Gasteiger partial charge in [0.25, 0.3) is 0 Å². The summed E-state index contributed by atoms with van der Waals surface area (Å²) in [6.45, 7) is 0. The third-order valence-electron chi connectivity index (χ3n) is 2.28. The van der Waals surface area contributed by atoms with Gasteiger partial charge in [-0.2, -0.15) is 0 Å². The van der Waals surface area contributed by atoms with Crippen molar-refractivity contribution in [3.05, 3.63) is 59.7 Å². The summed E-state index contributed by atoms with van der Waals surface area (Å²) in [5, 5.41) is 21.0. The number of phenols is 1. The van der Waals surface area contributed by atoms with E-state index in [1.54, 1.807) is 24.3 Å². The number of ketones is 1. The molecule has 0 fully saturated rings. The first-order valence-corrected chi connectivity index (χ1v) is 4.79. The number of rotatable bonds is 2.